The van der Waals surface area contributed by atoms with Crippen molar-refractivity contribution in [2.75, 3.05) is 18.5 Å². The third kappa shape index (κ3) is 9.39. The Morgan fingerprint density at radius 1 is 1.11 bits per heavy atom. The first-order valence-electron chi connectivity index (χ1n) is 12.0. The Morgan fingerprint density at radius 3 is 2.37 bits per heavy atom. The molecular weight excluding hydrogens is 511 g/mol. The minimum atomic E-state index is -4.76. The summed E-state index contributed by atoms with van der Waals surface area (Å²) in [6.07, 6.45) is -3.63. The number of pyridine rings is 1. The Bertz CT molecular complexity index is 1060. The van der Waals surface area contributed by atoms with Crippen LogP contribution in [0.5, 0.6) is 0 Å². The van der Waals surface area contributed by atoms with E-state index in [1.165, 1.54) is 0 Å². The molecule has 1 aliphatic heterocycles. The summed E-state index contributed by atoms with van der Waals surface area (Å²) in [5, 5.41) is 18.7. The second kappa shape index (κ2) is 12.8. The van der Waals surface area contributed by atoms with Gasteiger partial charge in [-0.05, 0) is 43.2 Å². The summed E-state index contributed by atoms with van der Waals surface area (Å²) in [6, 6.07) is 0.220. The molecule has 3 atom stereocenters. The monoisotopic (exact) mass is 543 g/mol. The van der Waals surface area contributed by atoms with Gasteiger partial charge in [0.05, 0.1) is 6.04 Å². The summed E-state index contributed by atoms with van der Waals surface area (Å²) >= 11 is 0. The molecule has 0 aromatic carbocycles. The number of amides is 4. The number of anilines is 1. The highest BCUT2D eigenvalue weighted by Crippen LogP contribution is 2.28. The number of rotatable bonds is 9. The zero-order valence-electron chi connectivity index (χ0n) is 21.3. The number of carbonyl (C=O) groups excluding carboxylic acids is 5. The molecule has 0 aliphatic carbocycles. The quantitative estimate of drug-likeness (QED) is 0.289. The molecule has 2 unspecified atom stereocenters. The van der Waals surface area contributed by atoms with Crippen LogP contribution in [0.4, 0.5) is 19.0 Å². The number of hydrogen-bond donors (Lipinski definition) is 5. The smallest absolute Gasteiger partial charge is 0.389 e. The van der Waals surface area contributed by atoms with Gasteiger partial charge >= 0.3 is 18.0 Å². The van der Waals surface area contributed by atoms with Crippen LogP contribution in [0, 0.1) is 11.3 Å². The lowest BCUT2D eigenvalue weighted by Gasteiger charge is -2.29. The largest absolute Gasteiger partial charge is 0.433 e. The summed E-state index contributed by atoms with van der Waals surface area (Å²) in [5.41, 5.74) is -1.82. The van der Waals surface area contributed by atoms with Crippen LogP contribution >= 0.6 is 0 Å². The molecule has 210 valence electrons. The van der Waals surface area contributed by atoms with Gasteiger partial charge in [-0.3, -0.25) is 24.0 Å². The van der Waals surface area contributed by atoms with Crippen LogP contribution in [-0.2, 0) is 30.1 Å². The lowest BCUT2D eigenvalue weighted by molar-refractivity contribution is -0.141. The van der Waals surface area contributed by atoms with Crippen molar-refractivity contribution in [3.8, 4) is 0 Å². The second-order valence-corrected chi connectivity index (χ2v) is 10.2. The molecular formula is C24H32F3N5O6. The number of nitrogens with one attached hydrogen (secondary N) is 4. The number of Topliss-reactive ketones (excluding diaryl/α,β-unsaturated/α-hetero) is 1. The lowest BCUT2D eigenvalue weighted by Crippen LogP contribution is -2.55. The minimum Gasteiger partial charge on any atom is -0.389 e. The van der Waals surface area contributed by atoms with E-state index in [2.05, 4.69) is 20.9 Å². The third-order valence-corrected chi connectivity index (χ3v) is 5.71. The Labute approximate surface area is 217 Å². The van der Waals surface area contributed by atoms with Crippen molar-refractivity contribution in [2.45, 2.75) is 64.7 Å². The van der Waals surface area contributed by atoms with E-state index in [0.29, 0.717) is 25.5 Å². The highest BCUT2D eigenvalue weighted by Gasteiger charge is 2.35. The molecule has 0 bridgehead atoms. The molecule has 1 saturated heterocycles. The third-order valence-electron chi connectivity index (χ3n) is 5.71. The molecule has 14 heteroatoms. The summed E-state index contributed by atoms with van der Waals surface area (Å²) in [4.78, 5) is 65.8. The van der Waals surface area contributed by atoms with Gasteiger partial charge in [0.2, 0.25) is 11.8 Å². The number of aromatic nitrogens is 1. The van der Waals surface area contributed by atoms with E-state index >= 15 is 0 Å². The van der Waals surface area contributed by atoms with E-state index in [-0.39, 0.29) is 18.7 Å². The Balaban J connectivity index is 2.15. The zero-order chi connectivity index (χ0) is 28.7. The summed E-state index contributed by atoms with van der Waals surface area (Å²) in [6.45, 7) is 4.89. The van der Waals surface area contributed by atoms with Gasteiger partial charge in [0.25, 0.3) is 0 Å². The number of alkyl halides is 3. The normalized spacial score (nSPS) is 17.6. The van der Waals surface area contributed by atoms with Crippen LogP contribution in [0.25, 0.3) is 0 Å². The first-order valence-corrected chi connectivity index (χ1v) is 12.0. The van der Waals surface area contributed by atoms with E-state index < -0.39 is 71.2 Å². The molecule has 4 amide bonds. The molecule has 38 heavy (non-hydrogen) atoms. The van der Waals surface area contributed by atoms with E-state index in [4.69, 9.17) is 0 Å². The van der Waals surface area contributed by atoms with Crippen molar-refractivity contribution in [2.24, 2.45) is 11.3 Å². The number of halogens is 3. The summed E-state index contributed by atoms with van der Waals surface area (Å²) in [5.74, 6) is -5.59. The Hall–Kier alpha value is -3.55. The predicted molar refractivity (Wildman–Crippen MR) is 128 cm³/mol. The van der Waals surface area contributed by atoms with Crippen LogP contribution in [0.15, 0.2) is 18.2 Å². The minimum absolute atomic E-state index is 0.0175. The van der Waals surface area contributed by atoms with Crippen LogP contribution in [0.3, 0.4) is 0 Å². The van der Waals surface area contributed by atoms with Gasteiger partial charge < -0.3 is 26.4 Å². The molecule has 1 fully saturated rings. The summed E-state index contributed by atoms with van der Waals surface area (Å²) < 4.78 is 38.6. The second-order valence-electron chi connectivity index (χ2n) is 10.2. The molecule has 1 aromatic rings. The predicted octanol–water partition coefficient (Wildman–Crippen LogP) is 0.922. The first kappa shape index (κ1) is 30.7. The number of hydrogen-bond acceptors (Lipinski definition) is 7. The van der Waals surface area contributed by atoms with Crippen LogP contribution in [0.2, 0.25) is 0 Å². The average molecular weight is 544 g/mol. The maximum absolute atomic E-state index is 13.1. The number of aliphatic hydroxyl groups excluding tert-OH is 1. The number of piperidine rings is 1. The molecule has 2 heterocycles. The molecule has 1 aliphatic rings. The fraction of sp³-hybridized carbons (Fsp3) is 0.583. The topological polar surface area (TPSA) is 167 Å². The highest BCUT2D eigenvalue weighted by atomic mass is 19.4. The fourth-order valence-electron chi connectivity index (χ4n) is 3.88. The molecule has 5 N–H and O–H groups in total. The van der Waals surface area contributed by atoms with Crippen molar-refractivity contribution < 1.29 is 42.3 Å². The molecule has 0 spiro atoms. The number of ketones is 1. The van der Waals surface area contributed by atoms with E-state index in [1.54, 1.807) is 20.8 Å². The van der Waals surface area contributed by atoms with E-state index in [1.807, 2.05) is 5.32 Å². The van der Waals surface area contributed by atoms with Gasteiger partial charge in [-0.1, -0.05) is 26.8 Å². The van der Waals surface area contributed by atoms with Crippen molar-refractivity contribution in [1.82, 2.24) is 20.9 Å². The van der Waals surface area contributed by atoms with Gasteiger partial charge in [0.15, 0.2) is 5.78 Å². The SMILES string of the molecule is CC(C)(C)C[C@H](NC(=O)C(=O)Nc1cccc(C(F)(F)F)n1)C(=O)NC(CC1CCCNC1=O)C(=O)CO. The van der Waals surface area contributed by atoms with Gasteiger partial charge in [-0.2, -0.15) is 13.2 Å². The van der Waals surface area contributed by atoms with E-state index in [9.17, 15) is 42.3 Å². The standard InChI is InChI=1S/C24H32F3N5O6/c1-23(2,3)11-15(20(36)29-14(16(34)12-33)10-13-6-5-9-28-19(13)35)30-21(37)22(38)32-18-8-4-7-17(31-18)24(25,26)27/h4,7-8,13-15,33H,5-6,9-12H2,1-3H3,(H,28,35)(H,29,36)(H,30,37)(H,31,32,38)/t13?,14?,15-/m0/s1. The van der Waals surface area contributed by atoms with Gasteiger partial charge in [-0.15, -0.1) is 0 Å². The molecule has 1 aromatic heterocycles. The number of carbonyl (C=O) groups is 5. The summed E-state index contributed by atoms with van der Waals surface area (Å²) in [7, 11) is 0. The number of aliphatic hydroxyl groups is 1. The fourth-order valence-corrected chi connectivity index (χ4v) is 3.88. The van der Waals surface area contributed by atoms with Crippen LogP contribution in [0.1, 0.15) is 52.1 Å². The maximum Gasteiger partial charge on any atom is 0.433 e. The van der Waals surface area contributed by atoms with Crippen molar-refractivity contribution in [1.29, 1.82) is 0 Å². The van der Waals surface area contributed by atoms with Crippen LogP contribution < -0.4 is 21.3 Å². The van der Waals surface area contributed by atoms with Crippen LogP contribution in [-0.4, -0.2) is 64.7 Å². The molecule has 2 rings (SSSR count). The molecule has 0 saturated carbocycles. The van der Waals surface area contributed by atoms with Crippen molar-refractivity contribution in [3.05, 3.63) is 23.9 Å². The number of nitrogens with zero attached hydrogens (tertiary/aromatic N) is 1. The Kier molecular flexibility index (Phi) is 10.3. The molecule has 11 nitrogen and oxygen atoms in total. The first-order chi connectivity index (χ1) is 17.6. The van der Waals surface area contributed by atoms with Gasteiger partial charge in [0, 0.05) is 12.5 Å². The highest BCUT2D eigenvalue weighted by molar-refractivity contribution is 6.39. The Morgan fingerprint density at radius 2 is 1.79 bits per heavy atom. The van der Waals surface area contributed by atoms with Gasteiger partial charge in [0.1, 0.15) is 24.2 Å². The zero-order valence-corrected chi connectivity index (χ0v) is 21.3. The average Bonchev–Trinajstić information content (AvgIpc) is 2.82. The van der Waals surface area contributed by atoms with Crippen molar-refractivity contribution in [3.63, 3.8) is 0 Å². The van der Waals surface area contributed by atoms with E-state index in [0.717, 1.165) is 12.1 Å². The van der Waals surface area contributed by atoms with Crippen molar-refractivity contribution >= 4 is 35.2 Å². The molecule has 0 radical (unpaired) electrons. The maximum atomic E-state index is 13.1. The lowest BCUT2D eigenvalue weighted by atomic mass is 9.87. The van der Waals surface area contributed by atoms with Gasteiger partial charge in [-0.25, -0.2) is 4.98 Å².